The van der Waals surface area contributed by atoms with Crippen molar-refractivity contribution in [3.8, 4) is 0 Å². The van der Waals surface area contributed by atoms with Crippen LogP contribution >= 0.6 is 0 Å². The van der Waals surface area contributed by atoms with Crippen molar-refractivity contribution in [2.75, 3.05) is 6.54 Å². The minimum atomic E-state index is -3.36. The maximum absolute atomic E-state index is 12.4. The molecule has 0 aromatic carbocycles. The molecule has 19 heavy (non-hydrogen) atoms. The zero-order chi connectivity index (χ0) is 13.5. The van der Waals surface area contributed by atoms with Crippen molar-refractivity contribution in [2.24, 2.45) is 5.92 Å². The van der Waals surface area contributed by atoms with Crippen LogP contribution in [0.1, 0.15) is 51.4 Å². The van der Waals surface area contributed by atoms with Gasteiger partial charge in [-0.2, -0.15) is 17.4 Å². The van der Waals surface area contributed by atoms with Gasteiger partial charge in [0.15, 0.2) is 0 Å². The fraction of sp³-hybridized carbons (Fsp3) is 1.00. The average Bonchev–Trinajstić information content (AvgIpc) is 3.07. The van der Waals surface area contributed by atoms with Gasteiger partial charge in [-0.05, 0) is 38.5 Å². The molecule has 1 saturated heterocycles. The Morgan fingerprint density at radius 1 is 1.00 bits per heavy atom. The zero-order valence-corrected chi connectivity index (χ0v) is 12.1. The van der Waals surface area contributed by atoms with Gasteiger partial charge in [-0.3, -0.25) is 0 Å². The van der Waals surface area contributed by atoms with E-state index in [1.807, 2.05) is 0 Å². The van der Waals surface area contributed by atoms with E-state index in [-0.39, 0.29) is 24.1 Å². The zero-order valence-electron chi connectivity index (χ0n) is 11.3. The molecule has 3 unspecified atom stereocenters. The summed E-state index contributed by atoms with van der Waals surface area (Å²) >= 11 is 0. The fourth-order valence-corrected chi connectivity index (χ4v) is 5.33. The van der Waals surface area contributed by atoms with Gasteiger partial charge in [-0.1, -0.05) is 12.8 Å². The van der Waals surface area contributed by atoms with Crippen LogP contribution in [0.3, 0.4) is 0 Å². The predicted molar refractivity (Wildman–Crippen MR) is 72.8 cm³/mol. The smallest absolute Gasteiger partial charge is 0.279 e. The summed E-state index contributed by atoms with van der Waals surface area (Å²) in [6, 6.07) is 0.156. The molecule has 0 aromatic rings. The van der Waals surface area contributed by atoms with Crippen molar-refractivity contribution < 1.29 is 13.5 Å². The van der Waals surface area contributed by atoms with E-state index in [2.05, 4.69) is 4.72 Å². The lowest BCUT2D eigenvalue weighted by atomic mass is 9.89. The number of aliphatic hydroxyl groups excluding tert-OH is 1. The second-order valence-electron chi connectivity index (χ2n) is 6.23. The number of nitrogens with one attached hydrogen (secondary N) is 1. The van der Waals surface area contributed by atoms with Crippen molar-refractivity contribution in [1.29, 1.82) is 0 Å². The Kier molecular flexibility index (Phi) is 3.86. The van der Waals surface area contributed by atoms with E-state index in [4.69, 9.17) is 0 Å². The van der Waals surface area contributed by atoms with Gasteiger partial charge in [0.25, 0.3) is 10.2 Å². The molecule has 1 aliphatic heterocycles. The third-order valence-corrected chi connectivity index (χ3v) is 6.43. The van der Waals surface area contributed by atoms with Crippen LogP contribution < -0.4 is 4.72 Å². The van der Waals surface area contributed by atoms with Crippen molar-refractivity contribution >= 4 is 10.2 Å². The molecule has 3 atom stereocenters. The maximum Gasteiger partial charge on any atom is 0.279 e. The summed E-state index contributed by atoms with van der Waals surface area (Å²) < 4.78 is 29.3. The molecular weight excluding hydrogens is 264 g/mol. The number of aliphatic hydroxyl groups is 1. The first-order valence-electron chi connectivity index (χ1n) is 7.55. The molecule has 1 heterocycles. The highest BCUT2D eigenvalue weighted by Gasteiger charge is 2.42. The molecule has 5 nitrogen and oxygen atoms in total. The highest BCUT2D eigenvalue weighted by atomic mass is 32.2. The van der Waals surface area contributed by atoms with Crippen LogP contribution in [0.5, 0.6) is 0 Å². The van der Waals surface area contributed by atoms with Crippen LogP contribution in [-0.4, -0.2) is 42.6 Å². The molecular formula is C13H24N2O3S. The quantitative estimate of drug-likeness (QED) is 0.811. The lowest BCUT2D eigenvalue weighted by Gasteiger charge is -2.39. The summed E-state index contributed by atoms with van der Waals surface area (Å²) in [5, 5.41) is 10.1. The molecule has 3 rings (SSSR count). The van der Waals surface area contributed by atoms with Crippen LogP contribution in [0.25, 0.3) is 0 Å². The highest BCUT2D eigenvalue weighted by Crippen LogP contribution is 2.36. The van der Waals surface area contributed by atoms with Crippen molar-refractivity contribution in [3.63, 3.8) is 0 Å². The lowest BCUT2D eigenvalue weighted by molar-refractivity contribution is 0.0718. The summed E-state index contributed by atoms with van der Waals surface area (Å²) in [6.07, 6.45) is 7.31. The Bertz CT molecular complexity index is 422. The number of rotatable bonds is 4. The van der Waals surface area contributed by atoms with E-state index in [1.165, 1.54) is 0 Å². The Morgan fingerprint density at radius 2 is 1.79 bits per heavy atom. The molecule has 2 aliphatic carbocycles. The summed E-state index contributed by atoms with van der Waals surface area (Å²) in [7, 11) is -3.36. The van der Waals surface area contributed by atoms with E-state index in [0.29, 0.717) is 6.54 Å². The standard InChI is InChI=1S/C13H24N2O3S/c16-13-6-3-4-11(13)12-5-1-2-9-15(12)19(17,18)14-10-7-8-10/h10-14,16H,1-9H2. The Hall–Kier alpha value is -0.170. The lowest BCUT2D eigenvalue weighted by Crippen LogP contribution is -2.53. The predicted octanol–water partition coefficient (Wildman–Crippen LogP) is 0.999. The summed E-state index contributed by atoms with van der Waals surface area (Å²) in [4.78, 5) is 0. The maximum atomic E-state index is 12.4. The largest absolute Gasteiger partial charge is 0.393 e. The van der Waals surface area contributed by atoms with Gasteiger partial charge in [0, 0.05) is 24.5 Å². The van der Waals surface area contributed by atoms with E-state index >= 15 is 0 Å². The first kappa shape index (κ1) is 13.8. The van der Waals surface area contributed by atoms with Gasteiger partial charge < -0.3 is 5.11 Å². The van der Waals surface area contributed by atoms with E-state index < -0.39 is 10.2 Å². The Balaban J connectivity index is 1.76. The van der Waals surface area contributed by atoms with Crippen molar-refractivity contribution in [1.82, 2.24) is 9.03 Å². The SMILES string of the molecule is O=S(=O)(NC1CC1)N1CCCCC1C1CCCC1O. The molecule has 110 valence electrons. The molecule has 0 spiro atoms. The number of hydrogen-bond donors (Lipinski definition) is 2. The van der Waals surface area contributed by atoms with Crippen LogP contribution in [-0.2, 0) is 10.2 Å². The molecule has 2 N–H and O–H groups in total. The monoisotopic (exact) mass is 288 g/mol. The van der Waals surface area contributed by atoms with Crippen molar-refractivity contribution in [3.05, 3.63) is 0 Å². The van der Waals surface area contributed by atoms with E-state index in [9.17, 15) is 13.5 Å². The van der Waals surface area contributed by atoms with Gasteiger partial charge in [-0.25, -0.2) is 0 Å². The van der Waals surface area contributed by atoms with Crippen LogP contribution in [0.15, 0.2) is 0 Å². The number of hydrogen-bond acceptors (Lipinski definition) is 3. The molecule has 0 amide bonds. The average molecular weight is 288 g/mol. The summed E-state index contributed by atoms with van der Waals surface area (Å²) in [5.41, 5.74) is 0. The third kappa shape index (κ3) is 2.96. The molecule has 0 radical (unpaired) electrons. The second-order valence-corrected chi connectivity index (χ2v) is 7.89. The van der Waals surface area contributed by atoms with Gasteiger partial charge in [0.1, 0.15) is 0 Å². The molecule has 3 aliphatic rings. The van der Waals surface area contributed by atoms with Gasteiger partial charge >= 0.3 is 0 Å². The van der Waals surface area contributed by atoms with Gasteiger partial charge in [-0.15, -0.1) is 0 Å². The minimum absolute atomic E-state index is 0.00231. The van der Waals surface area contributed by atoms with Crippen LogP contribution in [0, 0.1) is 5.92 Å². The topological polar surface area (TPSA) is 69.6 Å². The third-order valence-electron chi connectivity index (χ3n) is 4.73. The summed E-state index contributed by atoms with van der Waals surface area (Å²) in [5.74, 6) is 0.135. The molecule has 2 saturated carbocycles. The van der Waals surface area contributed by atoms with Gasteiger partial charge in [0.05, 0.1) is 6.10 Å². The normalized spacial score (nSPS) is 37.6. The van der Waals surface area contributed by atoms with E-state index in [1.54, 1.807) is 4.31 Å². The first-order chi connectivity index (χ1) is 9.08. The second kappa shape index (κ2) is 5.31. The molecule has 3 fully saturated rings. The first-order valence-corrected chi connectivity index (χ1v) is 8.99. The van der Waals surface area contributed by atoms with Crippen LogP contribution in [0.2, 0.25) is 0 Å². The fourth-order valence-electron chi connectivity index (χ4n) is 3.55. The highest BCUT2D eigenvalue weighted by molar-refractivity contribution is 7.87. The number of nitrogens with zero attached hydrogens (tertiary/aromatic N) is 1. The molecule has 0 bridgehead atoms. The van der Waals surface area contributed by atoms with E-state index in [0.717, 1.165) is 51.4 Å². The minimum Gasteiger partial charge on any atom is -0.393 e. The van der Waals surface area contributed by atoms with Gasteiger partial charge in [0.2, 0.25) is 0 Å². The molecule has 0 aromatic heterocycles. The Morgan fingerprint density at radius 3 is 2.42 bits per heavy atom. The van der Waals surface area contributed by atoms with Crippen LogP contribution in [0.4, 0.5) is 0 Å². The molecule has 6 heteroatoms. The number of piperidine rings is 1. The Labute approximate surface area is 115 Å². The summed E-state index contributed by atoms with van der Waals surface area (Å²) in [6.45, 7) is 0.607. The van der Waals surface area contributed by atoms with Crippen molar-refractivity contribution in [2.45, 2.75) is 69.6 Å².